The molecule has 4 nitrogen and oxygen atoms in total. The minimum absolute atomic E-state index is 0.0484. The van der Waals surface area contributed by atoms with Crippen LogP contribution in [0.4, 0.5) is 0 Å². The fourth-order valence-corrected chi connectivity index (χ4v) is 2.09. The smallest absolute Gasteiger partial charge is 0.227 e. The third-order valence-corrected chi connectivity index (χ3v) is 3.39. The van der Waals surface area contributed by atoms with Crippen LogP contribution in [0.25, 0.3) is 0 Å². The standard InChI is InChI=1S/C15H24N2O2/c1-3-17(10-7-11-18)15(19)12(2)14(16)13-8-5-4-6-9-13/h4-6,8-9,12,14,18H,3,7,10-11,16H2,1-2H3. The first kappa shape index (κ1) is 15.7. The second kappa shape index (κ2) is 7.92. The number of hydrogen-bond donors (Lipinski definition) is 2. The zero-order chi connectivity index (χ0) is 14.3. The number of amides is 1. The van der Waals surface area contributed by atoms with E-state index in [-0.39, 0.29) is 24.5 Å². The van der Waals surface area contributed by atoms with Crippen LogP contribution in [-0.4, -0.2) is 35.6 Å². The Labute approximate surface area is 115 Å². The van der Waals surface area contributed by atoms with E-state index in [2.05, 4.69) is 0 Å². The van der Waals surface area contributed by atoms with Gasteiger partial charge >= 0.3 is 0 Å². The topological polar surface area (TPSA) is 66.6 Å². The molecule has 0 radical (unpaired) electrons. The van der Waals surface area contributed by atoms with Crippen LogP contribution in [0.2, 0.25) is 0 Å². The highest BCUT2D eigenvalue weighted by Gasteiger charge is 2.25. The van der Waals surface area contributed by atoms with Crippen molar-refractivity contribution in [3.63, 3.8) is 0 Å². The molecule has 0 aliphatic rings. The van der Waals surface area contributed by atoms with Crippen molar-refractivity contribution in [1.29, 1.82) is 0 Å². The number of carbonyl (C=O) groups excluding carboxylic acids is 1. The van der Waals surface area contributed by atoms with Crippen molar-refractivity contribution < 1.29 is 9.90 Å². The van der Waals surface area contributed by atoms with Crippen LogP contribution in [0.1, 0.15) is 31.9 Å². The van der Waals surface area contributed by atoms with Crippen molar-refractivity contribution >= 4 is 5.91 Å². The summed E-state index contributed by atoms with van der Waals surface area (Å²) >= 11 is 0. The number of rotatable bonds is 7. The first-order valence-corrected chi connectivity index (χ1v) is 6.82. The second-order valence-electron chi connectivity index (χ2n) is 4.72. The summed E-state index contributed by atoms with van der Waals surface area (Å²) in [7, 11) is 0. The number of nitrogens with zero attached hydrogens (tertiary/aromatic N) is 1. The largest absolute Gasteiger partial charge is 0.396 e. The highest BCUT2D eigenvalue weighted by atomic mass is 16.3. The Morgan fingerprint density at radius 2 is 2.00 bits per heavy atom. The molecule has 0 heterocycles. The fraction of sp³-hybridized carbons (Fsp3) is 0.533. The summed E-state index contributed by atoms with van der Waals surface area (Å²) < 4.78 is 0. The summed E-state index contributed by atoms with van der Waals surface area (Å²) in [6.45, 7) is 5.13. The minimum atomic E-state index is -0.295. The van der Waals surface area contributed by atoms with Gasteiger partial charge in [-0.1, -0.05) is 37.3 Å². The first-order chi connectivity index (χ1) is 9.11. The van der Waals surface area contributed by atoms with Gasteiger partial charge in [0.25, 0.3) is 0 Å². The summed E-state index contributed by atoms with van der Waals surface area (Å²) in [6.07, 6.45) is 0.604. The van der Waals surface area contributed by atoms with E-state index in [1.807, 2.05) is 44.2 Å². The predicted molar refractivity (Wildman–Crippen MR) is 76.5 cm³/mol. The van der Waals surface area contributed by atoms with Crippen LogP contribution in [0, 0.1) is 5.92 Å². The van der Waals surface area contributed by atoms with Crippen molar-refractivity contribution in [3.8, 4) is 0 Å². The van der Waals surface area contributed by atoms with Gasteiger partial charge in [-0.25, -0.2) is 0 Å². The molecule has 19 heavy (non-hydrogen) atoms. The molecule has 0 saturated heterocycles. The molecule has 0 aromatic heterocycles. The van der Waals surface area contributed by atoms with E-state index in [0.29, 0.717) is 19.5 Å². The number of hydrogen-bond acceptors (Lipinski definition) is 3. The molecule has 2 unspecified atom stereocenters. The van der Waals surface area contributed by atoms with Crippen LogP contribution in [0.5, 0.6) is 0 Å². The van der Waals surface area contributed by atoms with Crippen LogP contribution >= 0.6 is 0 Å². The summed E-state index contributed by atoms with van der Waals surface area (Å²) in [5.41, 5.74) is 7.14. The molecule has 0 spiro atoms. The van der Waals surface area contributed by atoms with Gasteiger partial charge in [0.05, 0.1) is 5.92 Å². The molecule has 2 atom stereocenters. The van der Waals surface area contributed by atoms with E-state index in [1.54, 1.807) is 4.90 Å². The second-order valence-corrected chi connectivity index (χ2v) is 4.72. The number of carbonyl (C=O) groups is 1. The number of aliphatic hydroxyl groups is 1. The summed E-state index contributed by atoms with van der Waals surface area (Å²) in [4.78, 5) is 14.1. The van der Waals surface area contributed by atoms with Gasteiger partial charge in [-0.2, -0.15) is 0 Å². The Kier molecular flexibility index (Phi) is 6.53. The lowest BCUT2D eigenvalue weighted by atomic mass is 9.94. The molecule has 1 aromatic carbocycles. The monoisotopic (exact) mass is 264 g/mol. The van der Waals surface area contributed by atoms with E-state index in [9.17, 15) is 4.79 Å². The molecule has 0 saturated carbocycles. The Bertz CT molecular complexity index is 381. The van der Waals surface area contributed by atoms with Crippen molar-refractivity contribution in [2.75, 3.05) is 19.7 Å². The van der Waals surface area contributed by atoms with Crippen molar-refractivity contribution in [2.45, 2.75) is 26.3 Å². The van der Waals surface area contributed by atoms with Gasteiger partial charge in [0.2, 0.25) is 5.91 Å². The van der Waals surface area contributed by atoms with E-state index in [0.717, 1.165) is 5.56 Å². The van der Waals surface area contributed by atoms with Crippen LogP contribution in [-0.2, 0) is 4.79 Å². The third-order valence-electron chi connectivity index (χ3n) is 3.39. The quantitative estimate of drug-likeness (QED) is 0.785. The van der Waals surface area contributed by atoms with Gasteiger partial charge in [0, 0.05) is 25.7 Å². The molecule has 106 valence electrons. The molecule has 1 amide bonds. The maximum Gasteiger partial charge on any atom is 0.227 e. The lowest BCUT2D eigenvalue weighted by molar-refractivity contribution is -0.135. The Balaban J connectivity index is 2.69. The minimum Gasteiger partial charge on any atom is -0.396 e. The maximum absolute atomic E-state index is 12.4. The van der Waals surface area contributed by atoms with Crippen molar-refractivity contribution in [2.24, 2.45) is 11.7 Å². The van der Waals surface area contributed by atoms with Gasteiger partial charge in [-0.05, 0) is 18.9 Å². The molecule has 0 bridgehead atoms. The third kappa shape index (κ3) is 4.33. The Morgan fingerprint density at radius 1 is 1.37 bits per heavy atom. The van der Waals surface area contributed by atoms with E-state index >= 15 is 0 Å². The summed E-state index contributed by atoms with van der Waals surface area (Å²) in [5.74, 6) is -0.214. The number of benzene rings is 1. The number of nitrogens with two attached hydrogens (primary N) is 1. The predicted octanol–water partition coefficient (Wildman–Crippen LogP) is 1.55. The molecule has 0 aliphatic carbocycles. The van der Waals surface area contributed by atoms with E-state index in [4.69, 9.17) is 10.8 Å². The zero-order valence-electron chi connectivity index (χ0n) is 11.7. The highest BCUT2D eigenvalue weighted by Crippen LogP contribution is 2.21. The molecule has 0 fully saturated rings. The molecule has 1 aromatic rings. The van der Waals surface area contributed by atoms with Gasteiger partial charge in [0.15, 0.2) is 0 Å². The zero-order valence-corrected chi connectivity index (χ0v) is 11.7. The van der Waals surface area contributed by atoms with Crippen LogP contribution < -0.4 is 5.73 Å². The molecule has 4 heteroatoms. The van der Waals surface area contributed by atoms with Crippen LogP contribution in [0.15, 0.2) is 30.3 Å². The lowest BCUT2D eigenvalue weighted by Gasteiger charge is -2.27. The molecular weight excluding hydrogens is 240 g/mol. The first-order valence-electron chi connectivity index (χ1n) is 6.82. The fourth-order valence-electron chi connectivity index (χ4n) is 2.09. The molecule has 1 rings (SSSR count). The average Bonchev–Trinajstić information content (AvgIpc) is 2.47. The Hall–Kier alpha value is -1.39. The lowest BCUT2D eigenvalue weighted by Crippen LogP contribution is -2.40. The summed E-state index contributed by atoms with van der Waals surface area (Å²) in [5, 5.41) is 8.86. The maximum atomic E-state index is 12.4. The normalized spacial score (nSPS) is 13.9. The highest BCUT2D eigenvalue weighted by molar-refractivity contribution is 5.79. The van der Waals surface area contributed by atoms with Crippen LogP contribution in [0.3, 0.4) is 0 Å². The number of aliphatic hydroxyl groups excluding tert-OH is 1. The van der Waals surface area contributed by atoms with E-state index in [1.165, 1.54) is 0 Å². The van der Waals surface area contributed by atoms with E-state index < -0.39 is 0 Å². The summed E-state index contributed by atoms with van der Waals surface area (Å²) in [6, 6.07) is 9.38. The van der Waals surface area contributed by atoms with Crippen molar-refractivity contribution in [3.05, 3.63) is 35.9 Å². The van der Waals surface area contributed by atoms with Gasteiger partial charge < -0.3 is 15.7 Å². The molecule has 3 N–H and O–H groups in total. The molecule has 0 aliphatic heterocycles. The molecular formula is C15H24N2O2. The Morgan fingerprint density at radius 3 is 2.53 bits per heavy atom. The van der Waals surface area contributed by atoms with Gasteiger partial charge in [0.1, 0.15) is 0 Å². The van der Waals surface area contributed by atoms with Gasteiger partial charge in [-0.15, -0.1) is 0 Å². The van der Waals surface area contributed by atoms with Gasteiger partial charge in [-0.3, -0.25) is 4.79 Å². The SMILES string of the molecule is CCN(CCCO)C(=O)C(C)C(N)c1ccccc1. The average molecular weight is 264 g/mol. The van der Waals surface area contributed by atoms with Crippen molar-refractivity contribution in [1.82, 2.24) is 4.90 Å².